The molecule has 2 fully saturated rings. The summed E-state index contributed by atoms with van der Waals surface area (Å²) in [5, 5.41) is -1.15. The maximum absolute atomic E-state index is 15.0. The lowest BCUT2D eigenvalue weighted by molar-refractivity contribution is 0.287. The second-order valence-electron chi connectivity index (χ2n) is 9.57. The lowest BCUT2D eigenvalue weighted by Crippen LogP contribution is -2.58. The molecule has 0 unspecified atom stereocenters. The van der Waals surface area contributed by atoms with Crippen LogP contribution in [-0.2, 0) is 15.4 Å². The van der Waals surface area contributed by atoms with E-state index in [1.54, 1.807) is 0 Å². The number of alkyl halides is 1. The number of halogens is 3. The van der Waals surface area contributed by atoms with Crippen molar-refractivity contribution >= 4 is 27.6 Å². The van der Waals surface area contributed by atoms with Crippen LogP contribution in [0.1, 0.15) is 49.4 Å². The van der Waals surface area contributed by atoms with Crippen molar-refractivity contribution in [2.75, 3.05) is 13.3 Å². The fraction of sp³-hybridized carbons (Fsp3) is 0.458. The smallest absolute Gasteiger partial charge is 0.232 e. The molecule has 1 aromatic carbocycles. The summed E-state index contributed by atoms with van der Waals surface area (Å²) >= 11 is 0. The highest BCUT2D eigenvalue weighted by Crippen LogP contribution is 2.52. The van der Waals surface area contributed by atoms with E-state index in [9.17, 15) is 21.6 Å². The standard InChI is InChI=1S/C24H25F3N4O3S/c1-23(20-6-7-24(13-25,22(28)31-23)35(20,32)33)16-8-15(4-5-17(16)26)9-18(27)19-10-30-21(11-29-19)34-12-14-2-3-14/h4-5,8-11,14,20H,2-3,6-7,12-13H2,1H3,(H2,28,31)/b18-9-/t20-,23+,24-/m0/s1. The van der Waals surface area contributed by atoms with Crippen molar-refractivity contribution in [1.82, 2.24) is 9.97 Å². The number of aromatic nitrogens is 2. The zero-order chi connectivity index (χ0) is 25.0. The lowest BCUT2D eigenvalue weighted by atomic mass is 9.86. The Morgan fingerprint density at radius 3 is 2.69 bits per heavy atom. The van der Waals surface area contributed by atoms with E-state index in [1.165, 1.54) is 31.5 Å². The van der Waals surface area contributed by atoms with Crippen LogP contribution in [0.5, 0.6) is 5.88 Å². The molecule has 1 saturated heterocycles. The number of nitrogens with zero attached hydrogens (tertiary/aromatic N) is 3. The first kappa shape index (κ1) is 23.8. The zero-order valence-corrected chi connectivity index (χ0v) is 19.9. The number of aliphatic imine (C=N–C) groups is 1. The highest BCUT2D eigenvalue weighted by molar-refractivity contribution is 7.94. The van der Waals surface area contributed by atoms with Gasteiger partial charge in [0.1, 0.15) is 29.6 Å². The van der Waals surface area contributed by atoms with Gasteiger partial charge >= 0.3 is 0 Å². The molecule has 2 N–H and O–H groups in total. The van der Waals surface area contributed by atoms with Crippen LogP contribution in [-0.4, -0.2) is 47.5 Å². The Morgan fingerprint density at radius 2 is 2.03 bits per heavy atom. The van der Waals surface area contributed by atoms with Gasteiger partial charge in [-0.15, -0.1) is 0 Å². The summed E-state index contributed by atoms with van der Waals surface area (Å²) in [5.74, 6) is -0.944. The third-order valence-electron chi connectivity index (χ3n) is 7.26. The average Bonchev–Trinajstić information content (AvgIpc) is 3.62. The van der Waals surface area contributed by atoms with E-state index < -0.39 is 43.7 Å². The van der Waals surface area contributed by atoms with Gasteiger partial charge in [-0.3, -0.25) is 4.99 Å². The lowest BCUT2D eigenvalue weighted by Gasteiger charge is -2.39. The molecule has 2 bridgehead atoms. The van der Waals surface area contributed by atoms with E-state index >= 15 is 0 Å². The molecular weight excluding hydrogens is 481 g/mol. The van der Waals surface area contributed by atoms with Gasteiger partial charge in [-0.05, 0) is 62.3 Å². The Labute approximate surface area is 201 Å². The number of hydrogen-bond donors (Lipinski definition) is 1. The van der Waals surface area contributed by atoms with Crippen LogP contribution >= 0.6 is 0 Å². The predicted molar refractivity (Wildman–Crippen MR) is 125 cm³/mol. The number of rotatable bonds is 7. The van der Waals surface area contributed by atoms with Crippen molar-refractivity contribution in [1.29, 1.82) is 0 Å². The molecule has 5 rings (SSSR count). The minimum absolute atomic E-state index is 0.0176. The third-order valence-corrected chi connectivity index (χ3v) is 10.3. The summed E-state index contributed by atoms with van der Waals surface area (Å²) in [7, 11) is -4.07. The van der Waals surface area contributed by atoms with Crippen molar-refractivity contribution < 1.29 is 26.3 Å². The van der Waals surface area contributed by atoms with Crippen molar-refractivity contribution in [2.45, 2.75) is 48.1 Å². The van der Waals surface area contributed by atoms with Gasteiger partial charge < -0.3 is 10.5 Å². The van der Waals surface area contributed by atoms with Gasteiger partial charge in [-0.2, -0.15) is 0 Å². The number of fused-ring (bicyclic) bond motifs is 2. The number of hydrogen-bond acceptors (Lipinski definition) is 7. The maximum atomic E-state index is 15.0. The fourth-order valence-electron chi connectivity index (χ4n) is 4.90. The Bertz CT molecular complexity index is 1330. The predicted octanol–water partition coefficient (Wildman–Crippen LogP) is 3.74. The van der Waals surface area contributed by atoms with Crippen molar-refractivity contribution in [3.8, 4) is 5.88 Å². The van der Waals surface area contributed by atoms with Crippen molar-refractivity contribution in [3.63, 3.8) is 0 Å². The summed E-state index contributed by atoms with van der Waals surface area (Å²) in [5.41, 5.74) is 4.55. The summed E-state index contributed by atoms with van der Waals surface area (Å²) < 4.78 is 73.7. The molecule has 186 valence electrons. The molecule has 7 nitrogen and oxygen atoms in total. The highest BCUT2D eigenvalue weighted by Gasteiger charge is 2.65. The van der Waals surface area contributed by atoms with E-state index in [-0.39, 0.29) is 35.5 Å². The van der Waals surface area contributed by atoms with Gasteiger partial charge in [0.2, 0.25) is 5.88 Å². The monoisotopic (exact) mass is 506 g/mol. The number of amidine groups is 1. The fourth-order valence-corrected chi connectivity index (χ4v) is 7.55. The van der Waals surface area contributed by atoms with E-state index in [1.807, 2.05) is 0 Å². The largest absolute Gasteiger partial charge is 0.476 e. The van der Waals surface area contributed by atoms with Crippen LogP contribution in [0.25, 0.3) is 11.9 Å². The molecule has 3 aliphatic rings. The third kappa shape index (κ3) is 3.80. The number of nitrogens with two attached hydrogens (primary N) is 1. The van der Waals surface area contributed by atoms with Crippen LogP contribution < -0.4 is 10.5 Å². The quantitative estimate of drug-likeness (QED) is 0.613. The summed E-state index contributed by atoms with van der Waals surface area (Å²) in [6.45, 7) is 0.836. The van der Waals surface area contributed by atoms with E-state index in [0.717, 1.165) is 25.0 Å². The molecule has 0 amide bonds. The molecule has 1 aliphatic carbocycles. The van der Waals surface area contributed by atoms with Crippen molar-refractivity contribution in [3.05, 3.63) is 53.2 Å². The highest BCUT2D eigenvalue weighted by atomic mass is 32.2. The van der Waals surface area contributed by atoms with Crippen LogP contribution in [0.4, 0.5) is 13.2 Å². The molecular formula is C24H25F3N4O3S. The second-order valence-corrected chi connectivity index (χ2v) is 12.0. The van der Waals surface area contributed by atoms with Crippen LogP contribution in [0.15, 0.2) is 35.6 Å². The zero-order valence-electron chi connectivity index (χ0n) is 19.0. The number of ether oxygens (including phenoxy) is 1. The van der Waals surface area contributed by atoms with E-state index in [2.05, 4.69) is 15.0 Å². The van der Waals surface area contributed by atoms with Gasteiger partial charge in [0.25, 0.3) is 0 Å². The molecule has 2 aliphatic heterocycles. The molecule has 11 heteroatoms. The van der Waals surface area contributed by atoms with Gasteiger partial charge in [-0.25, -0.2) is 31.6 Å². The molecule has 3 heterocycles. The first-order valence-corrected chi connectivity index (χ1v) is 12.9. The molecule has 3 atom stereocenters. The van der Waals surface area contributed by atoms with Crippen molar-refractivity contribution in [2.24, 2.45) is 16.6 Å². The second kappa shape index (κ2) is 8.32. The van der Waals surface area contributed by atoms with Crippen LogP contribution in [0, 0.1) is 11.7 Å². The van der Waals surface area contributed by atoms with Gasteiger partial charge in [-0.1, -0.05) is 6.07 Å². The average molecular weight is 507 g/mol. The Morgan fingerprint density at radius 1 is 1.26 bits per heavy atom. The Kier molecular flexibility index (Phi) is 5.65. The van der Waals surface area contributed by atoms with E-state index in [4.69, 9.17) is 10.5 Å². The van der Waals surface area contributed by atoms with Gasteiger partial charge in [0.05, 0.1) is 24.3 Å². The first-order valence-electron chi connectivity index (χ1n) is 11.4. The molecule has 35 heavy (non-hydrogen) atoms. The van der Waals surface area contributed by atoms with Crippen LogP contribution in [0.3, 0.4) is 0 Å². The van der Waals surface area contributed by atoms with Crippen LogP contribution in [0.2, 0.25) is 0 Å². The maximum Gasteiger partial charge on any atom is 0.232 e. The molecule has 0 spiro atoms. The van der Waals surface area contributed by atoms with E-state index in [0.29, 0.717) is 18.4 Å². The SMILES string of the molecule is C[C@]1(c2cc(/C=C(\F)c3cnc(OCC4CC4)cn3)ccc2F)N=C(N)[C@@]2(CF)CC[C@@H]1S2(=O)=O. The normalized spacial score (nSPS) is 29.7. The van der Waals surface area contributed by atoms with Gasteiger partial charge in [0, 0.05) is 5.56 Å². The molecule has 0 radical (unpaired) electrons. The van der Waals surface area contributed by atoms with Gasteiger partial charge in [0.15, 0.2) is 20.4 Å². The minimum atomic E-state index is -4.07. The summed E-state index contributed by atoms with van der Waals surface area (Å²) in [4.78, 5) is 12.4. The molecule has 1 aromatic heterocycles. The Balaban J connectivity index is 1.46. The summed E-state index contributed by atoms with van der Waals surface area (Å²) in [6.07, 6.45) is 6.05. The molecule has 1 saturated carbocycles. The number of benzene rings is 1. The topological polar surface area (TPSA) is 108 Å². The summed E-state index contributed by atoms with van der Waals surface area (Å²) in [6, 6.07) is 3.81. The first-order chi connectivity index (χ1) is 16.6. The molecule has 2 aromatic rings. The Hall–Kier alpha value is -2.95. The number of sulfone groups is 1. The minimum Gasteiger partial charge on any atom is -0.476 e.